The minimum atomic E-state index is -5.17. The number of likely N-dealkylation sites (N-methyl/N-ethyl adjacent to an activating group) is 1. The maximum absolute atomic E-state index is 13.5. The summed E-state index contributed by atoms with van der Waals surface area (Å²) in [5.41, 5.74) is -1.35. The maximum Gasteiger partial charge on any atom is 0.471 e. The fraction of sp³-hybridized carbons (Fsp3) is 0.783. The molecule has 0 spiro atoms. The molecule has 0 aromatic carbocycles. The van der Waals surface area contributed by atoms with Gasteiger partial charge in [-0.2, -0.15) is 18.4 Å². The predicted molar refractivity (Wildman–Crippen MR) is 121 cm³/mol. The highest BCUT2D eigenvalue weighted by Gasteiger charge is 2.70. The van der Waals surface area contributed by atoms with Crippen LogP contribution in [0.4, 0.5) is 18.0 Å². The van der Waals surface area contributed by atoms with Crippen molar-refractivity contribution in [2.75, 3.05) is 33.2 Å². The van der Waals surface area contributed by atoms with E-state index in [1.54, 1.807) is 12.4 Å². The Morgan fingerprint density at radius 2 is 1.78 bits per heavy atom. The standard InChI is InChI=1S/C23H33F3N6O4/c1-21(2,3)16(29-19(35)23(24,25)26)18(34)32-11-13-14(22(13,4)5)15(32)17(33)28-12(9-27)10-31-8-7-30(6)20(31)36/h12-16H,7-8,10-11H2,1-6H3,(H,28,33)(H,29,35)/t12-,13+,14+,15+,16-/m1/s1. The van der Waals surface area contributed by atoms with Crippen LogP contribution < -0.4 is 10.6 Å². The van der Waals surface area contributed by atoms with Crippen LogP contribution in [0.25, 0.3) is 0 Å². The summed E-state index contributed by atoms with van der Waals surface area (Å²) in [6.45, 7) is 9.47. The predicted octanol–water partition coefficient (Wildman–Crippen LogP) is 0.938. The third-order valence-corrected chi connectivity index (χ3v) is 7.58. The minimum Gasteiger partial charge on any atom is -0.337 e. The molecule has 0 aromatic heterocycles. The molecule has 0 radical (unpaired) electrons. The van der Waals surface area contributed by atoms with Gasteiger partial charge < -0.3 is 25.3 Å². The molecule has 2 heterocycles. The molecular formula is C23H33F3N6O4. The van der Waals surface area contributed by atoms with Gasteiger partial charge in [0.2, 0.25) is 11.8 Å². The Balaban J connectivity index is 1.80. The lowest BCUT2D eigenvalue weighted by Gasteiger charge is -2.38. The molecular weight excluding hydrogens is 481 g/mol. The number of carbonyl (C=O) groups excluding carboxylic acids is 4. The zero-order valence-corrected chi connectivity index (χ0v) is 21.3. The van der Waals surface area contributed by atoms with Gasteiger partial charge in [0.05, 0.1) is 12.6 Å². The van der Waals surface area contributed by atoms with Crippen molar-refractivity contribution < 1.29 is 32.3 Å². The molecule has 10 nitrogen and oxygen atoms in total. The summed E-state index contributed by atoms with van der Waals surface area (Å²) < 4.78 is 38.9. The molecule has 2 saturated heterocycles. The quantitative estimate of drug-likeness (QED) is 0.546. The lowest BCUT2D eigenvalue weighted by Crippen LogP contribution is -2.61. The van der Waals surface area contributed by atoms with Gasteiger partial charge in [0.1, 0.15) is 18.1 Å². The van der Waals surface area contributed by atoms with Gasteiger partial charge >= 0.3 is 18.1 Å². The normalized spacial score (nSPS) is 26.7. The summed E-state index contributed by atoms with van der Waals surface area (Å²) in [6.07, 6.45) is -5.17. The smallest absolute Gasteiger partial charge is 0.337 e. The van der Waals surface area contributed by atoms with E-state index < -0.39 is 47.4 Å². The first-order chi connectivity index (χ1) is 16.4. The average molecular weight is 515 g/mol. The highest BCUT2D eigenvalue weighted by molar-refractivity contribution is 5.95. The number of rotatable bonds is 6. The van der Waals surface area contributed by atoms with Gasteiger partial charge in [-0.05, 0) is 22.7 Å². The van der Waals surface area contributed by atoms with Crippen LogP contribution in [0.3, 0.4) is 0 Å². The van der Waals surface area contributed by atoms with E-state index in [1.165, 1.54) is 35.5 Å². The number of hydrogen-bond donors (Lipinski definition) is 2. The molecule has 36 heavy (non-hydrogen) atoms. The number of likely N-dealkylation sites (tertiary alicyclic amines) is 1. The molecule has 2 aliphatic heterocycles. The lowest BCUT2D eigenvalue weighted by atomic mass is 9.85. The minimum absolute atomic E-state index is 0.0319. The molecule has 200 valence electrons. The van der Waals surface area contributed by atoms with Gasteiger partial charge in [-0.3, -0.25) is 14.4 Å². The van der Waals surface area contributed by atoms with E-state index in [9.17, 15) is 37.6 Å². The van der Waals surface area contributed by atoms with Crippen molar-refractivity contribution in [1.82, 2.24) is 25.3 Å². The summed E-state index contributed by atoms with van der Waals surface area (Å²) in [5, 5.41) is 14.0. The van der Waals surface area contributed by atoms with E-state index in [1.807, 2.05) is 19.9 Å². The second kappa shape index (κ2) is 9.12. The molecule has 0 bridgehead atoms. The Kier molecular flexibility index (Phi) is 6.98. The van der Waals surface area contributed by atoms with Crippen molar-refractivity contribution in [2.45, 2.75) is 58.9 Å². The van der Waals surface area contributed by atoms with Crippen molar-refractivity contribution in [2.24, 2.45) is 22.7 Å². The van der Waals surface area contributed by atoms with E-state index in [4.69, 9.17) is 0 Å². The second-order valence-electron chi connectivity index (χ2n) is 11.5. The first-order valence-electron chi connectivity index (χ1n) is 11.8. The number of nitriles is 1. The molecule has 1 aliphatic carbocycles. The van der Waals surface area contributed by atoms with Crippen LogP contribution in [0.2, 0.25) is 0 Å². The number of halogens is 3. The fourth-order valence-electron chi connectivity index (χ4n) is 5.31. The number of hydrogen-bond acceptors (Lipinski definition) is 5. The van der Waals surface area contributed by atoms with Crippen LogP contribution in [0, 0.1) is 34.0 Å². The second-order valence-corrected chi connectivity index (χ2v) is 11.5. The molecule has 3 aliphatic rings. The molecule has 13 heteroatoms. The van der Waals surface area contributed by atoms with E-state index in [0.717, 1.165) is 0 Å². The third-order valence-electron chi connectivity index (χ3n) is 7.58. The van der Waals surface area contributed by atoms with Gasteiger partial charge in [0, 0.05) is 26.7 Å². The molecule has 5 atom stereocenters. The highest BCUT2D eigenvalue weighted by atomic mass is 19.4. The van der Waals surface area contributed by atoms with Crippen molar-refractivity contribution in [3.63, 3.8) is 0 Å². The molecule has 0 aromatic rings. The van der Waals surface area contributed by atoms with Crippen LogP contribution in [0.15, 0.2) is 0 Å². The van der Waals surface area contributed by atoms with E-state index >= 15 is 0 Å². The van der Waals surface area contributed by atoms with Crippen molar-refractivity contribution >= 4 is 23.8 Å². The molecule has 5 amide bonds. The molecule has 1 saturated carbocycles. The number of piperidine rings is 1. The molecule has 3 fully saturated rings. The number of urea groups is 1. The van der Waals surface area contributed by atoms with Crippen LogP contribution in [0.5, 0.6) is 0 Å². The highest BCUT2D eigenvalue weighted by Crippen LogP contribution is 2.65. The fourth-order valence-corrected chi connectivity index (χ4v) is 5.31. The van der Waals surface area contributed by atoms with Crippen LogP contribution in [-0.2, 0) is 14.4 Å². The number of alkyl halides is 3. The number of fused-ring (bicyclic) bond motifs is 1. The van der Waals surface area contributed by atoms with Gasteiger partial charge in [-0.25, -0.2) is 4.79 Å². The number of carbonyl (C=O) groups is 4. The van der Waals surface area contributed by atoms with Gasteiger partial charge in [-0.1, -0.05) is 34.6 Å². The Labute approximate surface area is 208 Å². The number of amides is 5. The van der Waals surface area contributed by atoms with Crippen LogP contribution in [-0.4, -0.2) is 96.0 Å². The average Bonchev–Trinajstić information content (AvgIpc) is 3.07. The van der Waals surface area contributed by atoms with Gasteiger partial charge in [0.25, 0.3) is 0 Å². The van der Waals surface area contributed by atoms with Crippen molar-refractivity contribution in [3.8, 4) is 6.07 Å². The van der Waals surface area contributed by atoms with Crippen molar-refractivity contribution in [3.05, 3.63) is 0 Å². The lowest BCUT2D eigenvalue weighted by molar-refractivity contribution is -0.176. The number of nitrogens with one attached hydrogen (secondary N) is 2. The zero-order chi connectivity index (χ0) is 27.4. The van der Waals surface area contributed by atoms with Gasteiger partial charge in [0.15, 0.2) is 0 Å². The van der Waals surface area contributed by atoms with Crippen molar-refractivity contribution in [1.29, 1.82) is 5.26 Å². The first kappa shape index (κ1) is 27.5. The summed E-state index contributed by atoms with van der Waals surface area (Å²) in [4.78, 5) is 54.9. The summed E-state index contributed by atoms with van der Waals surface area (Å²) in [6, 6.07) is -1.86. The molecule has 2 N–H and O–H groups in total. The summed E-state index contributed by atoms with van der Waals surface area (Å²) in [5.74, 6) is -3.92. The van der Waals surface area contributed by atoms with Gasteiger partial charge in [-0.15, -0.1) is 0 Å². The Morgan fingerprint density at radius 3 is 2.25 bits per heavy atom. The monoisotopic (exact) mass is 514 g/mol. The van der Waals surface area contributed by atoms with Crippen LogP contribution >= 0.6 is 0 Å². The topological polar surface area (TPSA) is 126 Å². The Hall–Kier alpha value is -3.04. The Morgan fingerprint density at radius 1 is 1.17 bits per heavy atom. The zero-order valence-electron chi connectivity index (χ0n) is 21.3. The molecule has 3 rings (SSSR count). The Bertz CT molecular complexity index is 986. The summed E-state index contributed by atoms with van der Waals surface area (Å²) in [7, 11) is 1.63. The third kappa shape index (κ3) is 5.08. The van der Waals surface area contributed by atoms with E-state index in [2.05, 4.69) is 5.32 Å². The van der Waals surface area contributed by atoms with E-state index in [-0.39, 0.29) is 36.4 Å². The number of nitrogens with zero attached hydrogens (tertiary/aromatic N) is 4. The SMILES string of the molecule is CN1CCN(C[C@@H](C#N)NC(=O)[C@@H]2[C@@H]3[C@H](CN2C(=O)[C@@H](NC(=O)C(F)(F)F)C(C)(C)C)C3(C)C)C1=O. The summed E-state index contributed by atoms with van der Waals surface area (Å²) >= 11 is 0. The van der Waals surface area contributed by atoms with E-state index in [0.29, 0.717) is 13.1 Å². The maximum atomic E-state index is 13.5. The molecule has 0 unspecified atom stereocenters. The largest absolute Gasteiger partial charge is 0.471 e. The van der Waals surface area contributed by atoms with Crippen LogP contribution in [0.1, 0.15) is 34.6 Å². The first-order valence-corrected chi connectivity index (χ1v) is 11.8.